The number of rotatable bonds is 3. The van der Waals surface area contributed by atoms with Gasteiger partial charge in [-0.2, -0.15) is 0 Å². The minimum Gasteiger partial charge on any atom is -0.409 e. The van der Waals surface area contributed by atoms with E-state index in [1.54, 1.807) is 0 Å². The lowest BCUT2D eigenvalue weighted by molar-refractivity contribution is -0.137. The van der Waals surface area contributed by atoms with Crippen molar-refractivity contribution in [2.75, 3.05) is 26.2 Å². The third-order valence-corrected chi connectivity index (χ3v) is 4.82. The molecule has 0 aromatic carbocycles. The molecule has 1 saturated carbocycles. The van der Waals surface area contributed by atoms with Crippen molar-refractivity contribution in [2.24, 2.45) is 16.8 Å². The van der Waals surface area contributed by atoms with Crippen LogP contribution in [0.3, 0.4) is 0 Å². The predicted octanol–water partition coefficient (Wildman–Crippen LogP) is 0.846. The van der Waals surface area contributed by atoms with E-state index in [0.717, 1.165) is 39.0 Å². The number of carbonyl (C=O) groups is 1. The molecule has 2 rings (SSSR count). The van der Waals surface area contributed by atoms with E-state index >= 15 is 0 Å². The van der Waals surface area contributed by atoms with Gasteiger partial charge >= 0.3 is 0 Å². The Morgan fingerprint density at radius 3 is 2.25 bits per heavy atom. The third kappa shape index (κ3) is 2.90. The molecule has 3 N–H and O–H groups in total. The second-order valence-electron chi connectivity index (χ2n) is 6.34. The van der Waals surface area contributed by atoms with Gasteiger partial charge in [-0.25, -0.2) is 0 Å². The lowest BCUT2D eigenvalue weighted by atomic mass is 9.99. The molecule has 0 atom stereocenters. The summed E-state index contributed by atoms with van der Waals surface area (Å²) in [5.41, 5.74) is 5.28. The third-order valence-electron chi connectivity index (χ3n) is 4.82. The Kier molecular flexibility index (Phi) is 4.52. The average Bonchev–Trinajstić information content (AvgIpc) is 2.99. The summed E-state index contributed by atoms with van der Waals surface area (Å²) < 4.78 is 0. The number of hydrogen-bond donors (Lipinski definition) is 2. The largest absolute Gasteiger partial charge is 0.409 e. The van der Waals surface area contributed by atoms with Crippen molar-refractivity contribution in [3.63, 3.8) is 0 Å². The van der Waals surface area contributed by atoms with Gasteiger partial charge < -0.3 is 15.8 Å². The first kappa shape index (κ1) is 15.1. The molecule has 0 bridgehead atoms. The smallest absolute Gasteiger partial charge is 0.225 e. The molecular formula is C14H26N4O2. The second-order valence-corrected chi connectivity index (χ2v) is 6.34. The number of piperazine rings is 1. The molecule has 1 aliphatic heterocycles. The normalized spacial score (nSPS) is 23.3. The van der Waals surface area contributed by atoms with Crippen molar-refractivity contribution in [3.05, 3.63) is 0 Å². The van der Waals surface area contributed by atoms with E-state index in [-0.39, 0.29) is 11.8 Å². The SMILES string of the molecule is CC(C)(C(N)=NO)N1CCN(C(=O)C2CCCC2)CC1. The molecule has 2 aliphatic rings. The fourth-order valence-corrected chi connectivity index (χ4v) is 3.20. The van der Waals surface area contributed by atoms with Gasteiger partial charge in [-0.3, -0.25) is 9.69 Å². The van der Waals surface area contributed by atoms with Crippen molar-refractivity contribution in [1.82, 2.24) is 9.80 Å². The molecule has 0 aromatic heterocycles. The van der Waals surface area contributed by atoms with E-state index in [0.29, 0.717) is 5.91 Å². The summed E-state index contributed by atoms with van der Waals surface area (Å²) in [4.78, 5) is 16.5. The van der Waals surface area contributed by atoms with Crippen LogP contribution >= 0.6 is 0 Å². The Morgan fingerprint density at radius 1 is 1.20 bits per heavy atom. The predicted molar refractivity (Wildman–Crippen MR) is 77.6 cm³/mol. The summed E-state index contributed by atoms with van der Waals surface area (Å²) in [5.74, 6) is 0.787. The highest BCUT2D eigenvalue weighted by atomic mass is 16.4. The molecule has 1 amide bonds. The zero-order valence-electron chi connectivity index (χ0n) is 12.5. The first-order valence-electron chi connectivity index (χ1n) is 7.48. The van der Waals surface area contributed by atoms with Gasteiger partial charge in [0.05, 0.1) is 5.54 Å². The topological polar surface area (TPSA) is 82.2 Å². The van der Waals surface area contributed by atoms with Gasteiger partial charge in [0, 0.05) is 32.1 Å². The first-order valence-corrected chi connectivity index (χ1v) is 7.48. The van der Waals surface area contributed by atoms with Gasteiger partial charge in [0.25, 0.3) is 0 Å². The quantitative estimate of drug-likeness (QED) is 0.348. The summed E-state index contributed by atoms with van der Waals surface area (Å²) >= 11 is 0. The van der Waals surface area contributed by atoms with E-state index in [9.17, 15) is 4.79 Å². The van der Waals surface area contributed by atoms with Crippen molar-refractivity contribution >= 4 is 11.7 Å². The van der Waals surface area contributed by atoms with Gasteiger partial charge in [-0.1, -0.05) is 18.0 Å². The van der Waals surface area contributed by atoms with Crippen LogP contribution in [0.1, 0.15) is 39.5 Å². The number of oxime groups is 1. The fraction of sp³-hybridized carbons (Fsp3) is 0.857. The maximum atomic E-state index is 12.4. The van der Waals surface area contributed by atoms with Gasteiger partial charge in [0.2, 0.25) is 5.91 Å². The molecule has 0 spiro atoms. The van der Waals surface area contributed by atoms with Crippen LogP contribution in [0.4, 0.5) is 0 Å². The fourth-order valence-electron chi connectivity index (χ4n) is 3.20. The zero-order chi connectivity index (χ0) is 14.8. The van der Waals surface area contributed by atoms with E-state index in [1.165, 1.54) is 12.8 Å². The van der Waals surface area contributed by atoms with Crippen molar-refractivity contribution in [2.45, 2.75) is 45.1 Å². The number of hydrogen-bond acceptors (Lipinski definition) is 4. The van der Waals surface area contributed by atoms with Crippen molar-refractivity contribution < 1.29 is 10.0 Å². The van der Waals surface area contributed by atoms with Crippen LogP contribution in [0.25, 0.3) is 0 Å². The maximum absolute atomic E-state index is 12.4. The Bertz CT molecular complexity index is 381. The van der Waals surface area contributed by atoms with Crippen LogP contribution in [0, 0.1) is 5.92 Å². The number of carbonyl (C=O) groups excluding carboxylic acids is 1. The molecule has 0 radical (unpaired) electrons. The first-order chi connectivity index (χ1) is 9.46. The summed E-state index contributed by atoms with van der Waals surface area (Å²) in [6, 6.07) is 0. The Hall–Kier alpha value is -1.30. The van der Waals surface area contributed by atoms with E-state index in [4.69, 9.17) is 10.9 Å². The lowest BCUT2D eigenvalue weighted by Gasteiger charge is -2.43. The van der Waals surface area contributed by atoms with Crippen molar-refractivity contribution in [3.8, 4) is 0 Å². The van der Waals surface area contributed by atoms with E-state index < -0.39 is 5.54 Å². The average molecular weight is 282 g/mol. The summed E-state index contributed by atoms with van der Waals surface area (Å²) in [5, 5.41) is 12.0. The lowest BCUT2D eigenvalue weighted by Crippen LogP contribution is -2.60. The van der Waals surface area contributed by atoms with Crippen molar-refractivity contribution in [1.29, 1.82) is 0 Å². The molecule has 6 nitrogen and oxygen atoms in total. The summed E-state index contributed by atoms with van der Waals surface area (Å²) in [6.07, 6.45) is 4.48. The molecule has 1 saturated heterocycles. The van der Waals surface area contributed by atoms with Gasteiger partial charge in [0.1, 0.15) is 0 Å². The molecular weight excluding hydrogens is 256 g/mol. The number of nitrogens with two attached hydrogens (primary N) is 1. The maximum Gasteiger partial charge on any atom is 0.225 e. The van der Waals surface area contributed by atoms with Gasteiger partial charge in [-0.15, -0.1) is 0 Å². The molecule has 20 heavy (non-hydrogen) atoms. The zero-order valence-corrected chi connectivity index (χ0v) is 12.5. The van der Waals surface area contributed by atoms with Crippen LogP contribution in [-0.4, -0.2) is 58.5 Å². The Morgan fingerprint density at radius 2 is 1.75 bits per heavy atom. The summed E-state index contributed by atoms with van der Waals surface area (Å²) in [6.45, 7) is 6.88. The summed E-state index contributed by atoms with van der Waals surface area (Å²) in [7, 11) is 0. The van der Waals surface area contributed by atoms with Crippen LogP contribution in [0.15, 0.2) is 5.16 Å². The Labute approximate surface area is 120 Å². The second kappa shape index (κ2) is 5.99. The highest BCUT2D eigenvalue weighted by Gasteiger charge is 2.36. The Balaban J connectivity index is 1.90. The molecule has 0 unspecified atom stereocenters. The molecule has 114 valence electrons. The molecule has 1 aliphatic carbocycles. The van der Waals surface area contributed by atoms with Crippen LogP contribution < -0.4 is 5.73 Å². The van der Waals surface area contributed by atoms with E-state index in [1.807, 2.05) is 18.7 Å². The molecule has 0 aromatic rings. The van der Waals surface area contributed by atoms with Gasteiger partial charge in [-0.05, 0) is 26.7 Å². The van der Waals surface area contributed by atoms with Crippen LogP contribution in [-0.2, 0) is 4.79 Å². The number of amidine groups is 1. The molecule has 6 heteroatoms. The minimum absolute atomic E-state index is 0.216. The van der Waals surface area contributed by atoms with Crippen LogP contribution in [0.5, 0.6) is 0 Å². The monoisotopic (exact) mass is 282 g/mol. The highest BCUT2D eigenvalue weighted by Crippen LogP contribution is 2.27. The number of amides is 1. The molecule has 2 fully saturated rings. The molecule has 1 heterocycles. The van der Waals surface area contributed by atoms with Gasteiger partial charge in [0.15, 0.2) is 5.84 Å². The standard InChI is InChI=1S/C14H26N4O2/c1-14(2,13(15)16-20)18-9-7-17(8-10-18)12(19)11-5-3-4-6-11/h11,20H,3-10H2,1-2H3,(H2,15,16). The highest BCUT2D eigenvalue weighted by molar-refractivity contribution is 5.88. The minimum atomic E-state index is -0.475. The number of nitrogens with zero attached hydrogens (tertiary/aromatic N) is 3. The van der Waals surface area contributed by atoms with Crippen LogP contribution in [0.2, 0.25) is 0 Å². The van der Waals surface area contributed by atoms with E-state index in [2.05, 4.69) is 10.1 Å².